The summed E-state index contributed by atoms with van der Waals surface area (Å²) in [5.41, 5.74) is 1.30. The van der Waals surface area contributed by atoms with Crippen LogP contribution in [0.25, 0.3) is 0 Å². The van der Waals surface area contributed by atoms with Gasteiger partial charge in [0.2, 0.25) is 11.8 Å². The standard InChI is InChI=1S/C19H19N3O4S/c1-25-14-7-3-12(4-8-14)20-18(24)16-11-17(23)22-19(27-16)21-13-5-9-15(26-2)10-6-13/h3-10,16H,11H2,1-2H3,(H,20,24)(H,21,22,23). The van der Waals surface area contributed by atoms with E-state index in [9.17, 15) is 9.59 Å². The van der Waals surface area contributed by atoms with Crippen molar-refractivity contribution >= 4 is 40.1 Å². The number of carbonyl (C=O) groups excluding carboxylic acids is 2. The lowest BCUT2D eigenvalue weighted by atomic mass is 10.2. The zero-order valence-corrected chi connectivity index (χ0v) is 15.7. The fourth-order valence-electron chi connectivity index (χ4n) is 2.42. The first-order valence-corrected chi connectivity index (χ1v) is 9.09. The SMILES string of the molecule is COc1ccc(N=C2NC(=O)CC(C(=O)Nc3ccc(OC)cc3)S2)cc1. The molecule has 2 aromatic carbocycles. The Morgan fingerprint density at radius 2 is 1.67 bits per heavy atom. The topological polar surface area (TPSA) is 89.0 Å². The Labute approximate surface area is 161 Å². The Hall–Kier alpha value is -3.00. The lowest BCUT2D eigenvalue weighted by Gasteiger charge is -2.22. The van der Waals surface area contributed by atoms with E-state index in [1.165, 1.54) is 11.8 Å². The van der Waals surface area contributed by atoms with Crippen LogP contribution in [0.5, 0.6) is 11.5 Å². The number of hydrogen-bond donors (Lipinski definition) is 2. The van der Waals surface area contributed by atoms with Gasteiger partial charge in [-0.15, -0.1) is 0 Å². The number of benzene rings is 2. The van der Waals surface area contributed by atoms with Crippen molar-refractivity contribution in [1.29, 1.82) is 0 Å². The first kappa shape index (κ1) is 18.8. The van der Waals surface area contributed by atoms with Gasteiger partial charge >= 0.3 is 0 Å². The van der Waals surface area contributed by atoms with Gasteiger partial charge in [0, 0.05) is 12.1 Å². The van der Waals surface area contributed by atoms with Crippen LogP contribution in [0.2, 0.25) is 0 Å². The second-order valence-corrected chi connectivity index (χ2v) is 6.88. The van der Waals surface area contributed by atoms with E-state index >= 15 is 0 Å². The summed E-state index contributed by atoms with van der Waals surface area (Å²) in [6.07, 6.45) is 0.0916. The second kappa shape index (κ2) is 8.59. The molecule has 27 heavy (non-hydrogen) atoms. The van der Waals surface area contributed by atoms with Crippen molar-refractivity contribution < 1.29 is 19.1 Å². The molecule has 0 saturated carbocycles. The molecular formula is C19H19N3O4S. The van der Waals surface area contributed by atoms with E-state index in [1.807, 2.05) is 0 Å². The molecule has 0 aromatic heterocycles. The molecule has 8 heteroatoms. The summed E-state index contributed by atoms with van der Waals surface area (Å²) in [4.78, 5) is 28.9. The minimum atomic E-state index is -0.558. The highest BCUT2D eigenvalue weighted by atomic mass is 32.2. The number of thioether (sulfide) groups is 1. The van der Waals surface area contributed by atoms with Crippen molar-refractivity contribution in [3.05, 3.63) is 48.5 Å². The van der Waals surface area contributed by atoms with E-state index in [4.69, 9.17) is 9.47 Å². The zero-order chi connectivity index (χ0) is 19.2. The predicted octanol–water partition coefficient (Wildman–Crippen LogP) is 2.95. The van der Waals surface area contributed by atoms with Crippen LogP contribution in [0, 0.1) is 0 Å². The predicted molar refractivity (Wildman–Crippen MR) is 106 cm³/mol. The van der Waals surface area contributed by atoms with Gasteiger partial charge in [0.25, 0.3) is 0 Å². The Balaban J connectivity index is 1.68. The molecule has 7 nitrogen and oxygen atoms in total. The van der Waals surface area contributed by atoms with E-state index in [0.29, 0.717) is 22.3 Å². The first-order chi connectivity index (χ1) is 13.1. The molecule has 0 aliphatic carbocycles. The third kappa shape index (κ3) is 5.01. The molecule has 1 heterocycles. The van der Waals surface area contributed by atoms with Crippen LogP contribution >= 0.6 is 11.8 Å². The summed E-state index contributed by atoms with van der Waals surface area (Å²) in [6, 6.07) is 14.1. The van der Waals surface area contributed by atoms with Crippen LogP contribution in [-0.2, 0) is 9.59 Å². The molecule has 1 fully saturated rings. The minimum absolute atomic E-state index is 0.0916. The fourth-order valence-corrected chi connectivity index (χ4v) is 3.42. The molecular weight excluding hydrogens is 366 g/mol. The third-order valence-electron chi connectivity index (χ3n) is 3.82. The van der Waals surface area contributed by atoms with Crippen molar-refractivity contribution in [3.8, 4) is 11.5 Å². The van der Waals surface area contributed by atoms with E-state index in [-0.39, 0.29) is 18.2 Å². The lowest BCUT2D eigenvalue weighted by Crippen LogP contribution is -2.41. The molecule has 0 radical (unpaired) electrons. The van der Waals surface area contributed by atoms with Crippen LogP contribution in [0.15, 0.2) is 53.5 Å². The van der Waals surface area contributed by atoms with Gasteiger partial charge in [0.15, 0.2) is 5.17 Å². The number of anilines is 1. The number of methoxy groups -OCH3 is 2. The third-order valence-corrected chi connectivity index (χ3v) is 4.91. The number of hydrogen-bond acceptors (Lipinski definition) is 6. The molecule has 1 unspecified atom stereocenters. The maximum absolute atomic E-state index is 12.5. The average molecular weight is 385 g/mol. The number of carbonyl (C=O) groups is 2. The number of ether oxygens (including phenoxy) is 2. The molecule has 1 aliphatic heterocycles. The molecule has 2 aromatic rings. The number of amidine groups is 1. The highest BCUT2D eigenvalue weighted by molar-refractivity contribution is 8.15. The maximum Gasteiger partial charge on any atom is 0.238 e. The van der Waals surface area contributed by atoms with Gasteiger partial charge in [-0.25, -0.2) is 4.99 Å². The summed E-state index contributed by atoms with van der Waals surface area (Å²) in [5.74, 6) is 0.933. The van der Waals surface area contributed by atoms with Crippen molar-refractivity contribution in [2.24, 2.45) is 4.99 Å². The monoisotopic (exact) mass is 385 g/mol. The Bertz CT molecular complexity index is 850. The van der Waals surface area contributed by atoms with Gasteiger partial charge in [-0.05, 0) is 48.5 Å². The molecule has 3 rings (SSSR count). The zero-order valence-electron chi connectivity index (χ0n) is 14.9. The average Bonchev–Trinajstić information content (AvgIpc) is 2.68. The van der Waals surface area contributed by atoms with E-state index in [0.717, 1.165) is 5.75 Å². The van der Waals surface area contributed by atoms with Crippen LogP contribution in [0.3, 0.4) is 0 Å². The van der Waals surface area contributed by atoms with Crippen molar-refractivity contribution in [2.45, 2.75) is 11.7 Å². The molecule has 2 N–H and O–H groups in total. The molecule has 2 amide bonds. The largest absolute Gasteiger partial charge is 0.497 e. The van der Waals surface area contributed by atoms with Gasteiger partial charge < -0.3 is 20.1 Å². The minimum Gasteiger partial charge on any atom is -0.497 e. The molecule has 0 bridgehead atoms. The van der Waals surface area contributed by atoms with Crippen LogP contribution in [0.1, 0.15) is 6.42 Å². The Morgan fingerprint density at radius 3 is 2.26 bits per heavy atom. The number of nitrogens with zero attached hydrogens (tertiary/aromatic N) is 1. The maximum atomic E-state index is 12.5. The van der Waals surface area contributed by atoms with Gasteiger partial charge in [-0.2, -0.15) is 0 Å². The number of nitrogens with one attached hydrogen (secondary N) is 2. The lowest BCUT2D eigenvalue weighted by molar-refractivity contribution is -0.123. The smallest absolute Gasteiger partial charge is 0.238 e. The number of aliphatic imine (C=N–C) groups is 1. The van der Waals surface area contributed by atoms with Crippen LogP contribution in [-0.4, -0.2) is 36.5 Å². The summed E-state index contributed by atoms with van der Waals surface area (Å²) < 4.78 is 10.2. The number of rotatable bonds is 5. The van der Waals surface area contributed by atoms with Gasteiger partial charge in [0.05, 0.1) is 19.9 Å². The summed E-state index contributed by atoms with van der Waals surface area (Å²) in [6.45, 7) is 0. The van der Waals surface area contributed by atoms with Gasteiger partial charge in [0.1, 0.15) is 16.7 Å². The molecule has 140 valence electrons. The fraction of sp³-hybridized carbons (Fsp3) is 0.211. The second-order valence-electron chi connectivity index (χ2n) is 5.69. The van der Waals surface area contributed by atoms with Gasteiger partial charge in [-0.1, -0.05) is 11.8 Å². The number of amides is 2. The van der Waals surface area contributed by atoms with E-state index in [2.05, 4.69) is 15.6 Å². The summed E-state index contributed by atoms with van der Waals surface area (Å²) >= 11 is 1.23. The normalized spacial score (nSPS) is 17.9. The van der Waals surface area contributed by atoms with Crippen LogP contribution in [0.4, 0.5) is 11.4 Å². The Morgan fingerprint density at radius 1 is 1.07 bits per heavy atom. The first-order valence-electron chi connectivity index (χ1n) is 8.21. The van der Waals surface area contributed by atoms with Crippen molar-refractivity contribution in [2.75, 3.05) is 19.5 Å². The van der Waals surface area contributed by atoms with E-state index in [1.54, 1.807) is 62.8 Å². The molecule has 0 spiro atoms. The van der Waals surface area contributed by atoms with Crippen molar-refractivity contribution in [1.82, 2.24) is 5.32 Å². The Kier molecular flexibility index (Phi) is 5.97. The van der Waals surface area contributed by atoms with Gasteiger partial charge in [-0.3, -0.25) is 9.59 Å². The summed E-state index contributed by atoms with van der Waals surface area (Å²) in [7, 11) is 3.17. The van der Waals surface area contributed by atoms with Crippen LogP contribution < -0.4 is 20.1 Å². The molecule has 1 aliphatic rings. The molecule has 1 saturated heterocycles. The highest BCUT2D eigenvalue weighted by Gasteiger charge is 2.30. The quantitative estimate of drug-likeness (QED) is 0.826. The van der Waals surface area contributed by atoms with E-state index < -0.39 is 5.25 Å². The molecule has 1 atom stereocenters. The van der Waals surface area contributed by atoms with Crippen molar-refractivity contribution in [3.63, 3.8) is 0 Å². The summed E-state index contributed by atoms with van der Waals surface area (Å²) in [5, 5.41) is 5.36. The highest BCUT2D eigenvalue weighted by Crippen LogP contribution is 2.26.